The maximum absolute atomic E-state index is 13.6. The molecular formula is C23H18F6N6O2. The molecule has 194 valence electrons. The minimum absolute atomic E-state index is 0.0647. The highest BCUT2D eigenvalue weighted by molar-refractivity contribution is 6.10. The van der Waals surface area contributed by atoms with Gasteiger partial charge in [-0.1, -0.05) is 6.07 Å². The molecule has 0 spiro atoms. The summed E-state index contributed by atoms with van der Waals surface area (Å²) < 4.78 is 81.5. The summed E-state index contributed by atoms with van der Waals surface area (Å²) in [6.07, 6.45) is -8.86. The van der Waals surface area contributed by atoms with Gasteiger partial charge in [0.15, 0.2) is 0 Å². The maximum atomic E-state index is 13.6. The lowest BCUT2D eigenvalue weighted by molar-refractivity contribution is -0.288. The number of fused-ring (bicyclic) bond motifs is 1. The molecule has 0 saturated carbocycles. The quantitative estimate of drug-likeness (QED) is 0.349. The van der Waals surface area contributed by atoms with Gasteiger partial charge in [0.2, 0.25) is 0 Å². The minimum atomic E-state index is -5.94. The fraction of sp³-hybridized carbons (Fsp3) is 0.217. The molecule has 0 bridgehead atoms. The second-order valence-corrected chi connectivity index (χ2v) is 7.97. The number of carbonyl (C=O) groups is 2. The van der Waals surface area contributed by atoms with Crippen LogP contribution in [0.3, 0.4) is 0 Å². The van der Waals surface area contributed by atoms with Crippen LogP contribution < -0.4 is 21.3 Å². The third-order valence-corrected chi connectivity index (χ3v) is 5.71. The first-order chi connectivity index (χ1) is 17.4. The Balaban J connectivity index is 1.57. The lowest BCUT2D eigenvalue weighted by atomic mass is 9.80. The molecule has 1 aromatic carbocycles. The van der Waals surface area contributed by atoms with Gasteiger partial charge >= 0.3 is 12.4 Å². The number of benzene rings is 1. The minimum Gasteiger partial charge on any atom is -0.373 e. The number of rotatable bonds is 6. The molecule has 2 amide bonds. The van der Waals surface area contributed by atoms with Crippen molar-refractivity contribution in [3.63, 3.8) is 0 Å². The molecule has 3 aromatic rings. The van der Waals surface area contributed by atoms with Gasteiger partial charge in [0.25, 0.3) is 17.2 Å². The highest BCUT2D eigenvalue weighted by Gasteiger charge is 2.78. The Morgan fingerprint density at radius 3 is 2.41 bits per heavy atom. The van der Waals surface area contributed by atoms with E-state index in [1.807, 2.05) is 0 Å². The molecule has 4 rings (SSSR count). The van der Waals surface area contributed by atoms with E-state index in [4.69, 9.17) is 0 Å². The van der Waals surface area contributed by atoms with Crippen molar-refractivity contribution >= 4 is 34.8 Å². The largest absolute Gasteiger partial charge is 0.416 e. The highest BCUT2D eigenvalue weighted by atomic mass is 19.4. The molecule has 0 saturated heterocycles. The molecule has 37 heavy (non-hydrogen) atoms. The van der Waals surface area contributed by atoms with Crippen molar-refractivity contribution in [3.8, 4) is 0 Å². The second kappa shape index (κ2) is 9.26. The second-order valence-electron chi connectivity index (χ2n) is 7.97. The van der Waals surface area contributed by atoms with Crippen molar-refractivity contribution in [2.75, 3.05) is 28.3 Å². The van der Waals surface area contributed by atoms with Gasteiger partial charge in [-0.25, -0.2) is 9.97 Å². The van der Waals surface area contributed by atoms with E-state index in [9.17, 15) is 35.9 Å². The van der Waals surface area contributed by atoms with Gasteiger partial charge in [-0.3, -0.25) is 9.59 Å². The SMILES string of the molecule is CNc1cc(CNc2ncccc2C(=O)Nc2ccc3c(c2)NC(=O)C3(C(F)(F)F)C(F)(F)F)ccn1. The molecule has 3 heterocycles. The molecule has 8 nitrogen and oxygen atoms in total. The number of halogens is 6. The number of hydrogen-bond donors (Lipinski definition) is 4. The van der Waals surface area contributed by atoms with Gasteiger partial charge in [0.1, 0.15) is 11.6 Å². The van der Waals surface area contributed by atoms with Crippen LogP contribution in [0.15, 0.2) is 54.9 Å². The van der Waals surface area contributed by atoms with Gasteiger partial charge < -0.3 is 21.3 Å². The summed E-state index contributed by atoms with van der Waals surface area (Å²) in [5, 5.41) is 9.96. The number of amides is 2. The number of carbonyl (C=O) groups excluding carboxylic acids is 2. The zero-order valence-corrected chi connectivity index (χ0v) is 18.9. The lowest BCUT2D eigenvalue weighted by Crippen LogP contribution is -2.58. The monoisotopic (exact) mass is 524 g/mol. The standard InChI is InChI=1S/C23H18F6N6O2/c1-30-17-9-12(6-8-31-17)11-33-18-14(3-2-7-32-18)19(36)34-13-4-5-15-16(10-13)35-20(37)21(15,22(24,25)26)23(27,28)29/h2-10H,11H2,1H3,(H,30,31)(H,32,33)(H,34,36)(H,35,37). The average molecular weight is 524 g/mol. The molecule has 1 aliphatic heterocycles. The summed E-state index contributed by atoms with van der Waals surface area (Å²) in [5.74, 6) is -2.18. The number of hydrogen-bond acceptors (Lipinski definition) is 6. The molecule has 0 radical (unpaired) electrons. The van der Waals surface area contributed by atoms with E-state index in [0.29, 0.717) is 11.9 Å². The van der Waals surface area contributed by atoms with Crippen LogP contribution in [0.25, 0.3) is 0 Å². The fourth-order valence-electron chi connectivity index (χ4n) is 3.95. The van der Waals surface area contributed by atoms with Crippen molar-refractivity contribution in [2.24, 2.45) is 0 Å². The predicted octanol–water partition coefficient (Wildman–Crippen LogP) is 4.70. The zero-order valence-electron chi connectivity index (χ0n) is 18.9. The third-order valence-electron chi connectivity index (χ3n) is 5.71. The molecule has 0 fully saturated rings. The van der Waals surface area contributed by atoms with Crippen molar-refractivity contribution in [2.45, 2.75) is 24.3 Å². The number of anilines is 4. The van der Waals surface area contributed by atoms with Crippen LogP contribution in [-0.4, -0.2) is 41.2 Å². The van der Waals surface area contributed by atoms with E-state index in [2.05, 4.69) is 25.9 Å². The number of nitrogens with zero attached hydrogens (tertiary/aromatic N) is 2. The van der Waals surface area contributed by atoms with Crippen LogP contribution in [0.2, 0.25) is 0 Å². The fourth-order valence-corrected chi connectivity index (χ4v) is 3.95. The van der Waals surface area contributed by atoms with Crippen LogP contribution in [-0.2, 0) is 16.8 Å². The Hall–Kier alpha value is -4.36. The Morgan fingerprint density at radius 1 is 1.00 bits per heavy atom. The summed E-state index contributed by atoms with van der Waals surface area (Å²) in [6, 6.07) is 8.66. The topological polar surface area (TPSA) is 108 Å². The maximum Gasteiger partial charge on any atom is 0.416 e. The lowest BCUT2D eigenvalue weighted by Gasteiger charge is -2.31. The first kappa shape index (κ1) is 25.7. The highest BCUT2D eigenvalue weighted by Crippen LogP contribution is 2.57. The molecule has 1 aliphatic rings. The Kier molecular flexibility index (Phi) is 6.44. The molecule has 0 aliphatic carbocycles. The number of aromatic nitrogens is 2. The summed E-state index contributed by atoms with van der Waals surface area (Å²) in [4.78, 5) is 33.1. The van der Waals surface area contributed by atoms with Gasteiger partial charge in [-0.15, -0.1) is 0 Å². The molecule has 0 unspecified atom stereocenters. The van der Waals surface area contributed by atoms with Crippen LogP contribution in [0, 0.1) is 0 Å². The Labute approximate surface area is 205 Å². The molecular weight excluding hydrogens is 506 g/mol. The summed E-state index contributed by atoms with van der Waals surface area (Å²) in [6.45, 7) is 0.274. The number of nitrogens with one attached hydrogen (secondary N) is 4. The molecule has 0 atom stereocenters. The van der Waals surface area contributed by atoms with Gasteiger partial charge in [-0.2, -0.15) is 26.3 Å². The zero-order chi connectivity index (χ0) is 27.0. The number of alkyl halides is 6. The molecule has 2 aromatic heterocycles. The van der Waals surface area contributed by atoms with Crippen molar-refractivity contribution in [1.82, 2.24) is 9.97 Å². The molecule has 4 N–H and O–H groups in total. The van der Waals surface area contributed by atoms with Crippen LogP contribution in [0.4, 0.5) is 49.4 Å². The average Bonchev–Trinajstić information content (AvgIpc) is 3.15. The first-order valence-corrected chi connectivity index (χ1v) is 10.6. The van der Waals surface area contributed by atoms with E-state index in [0.717, 1.165) is 17.7 Å². The van der Waals surface area contributed by atoms with E-state index >= 15 is 0 Å². The van der Waals surface area contributed by atoms with Crippen LogP contribution >= 0.6 is 0 Å². The van der Waals surface area contributed by atoms with Crippen molar-refractivity contribution in [3.05, 3.63) is 71.5 Å². The van der Waals surface area contributed by atoms with E-state index < -0.39 is 40.8 Å². The smallest absolute Gasteiger partial charge is 0.373 e. The van der Waals surface area contributed by atoms with Gasteiger partial charge in [0.05, 0.1) is 5.56 Å². The Bertz CT molecular complexity index is 1340. The van der Waals surface area contributed by atoms with Crippen molar-refractivity contribution in [1.29, 1.82) is 0 Å². The van der Waals surface area contributed by atoms with Gasteiger partial charge in [0, 0.05) is 42.9 Å². The van der Waals surface area contributed by atoms with E-state index in [1.165, 1.54) is 18.3 Å². The predicted molar refractivity (Wildman–Crippen MR) is 122 cm³/mol. The van der Waals surface area contributed by atoms with E-state index in [-0.39, 0.29) is 23.6 Å². The van der Waals surface area contributed by atoms with Crippen LogP contribution in [0.1, 0.15) is 21.5 Å². The Morgan fingerprint density at radius 2 is 1.73 bits per heavy atom. The van der Waals surface area contributed by atoms with Gasteiger partial charge in [-0.05, 0) is 42.0 Å². The summed E-state index contributed by atoms with van der Waals surface area (Å²) in [5.41, 5.74) is -5.96. The first-order valence-electron chi connectivity index (χ1n) is 10.6. The third kappa shape index (κ3) is 4.49. The van der Waals surface area contributed by atoms with Crippen LogP contribution in [0.5, 0.6) is 0 Å². The summed E-state index contributed by atoms with van der Waals surface area (Å²) >= 11 is 0. The molecule has 14 heteroatoms. The van der Waals surface area contributed by atoms with E-state index in [1.54, 1.807) is 30.7 Å². The normalized spacial score (nSPS) is 14.5. The number of pyridine rings is 2. The summed E-state index contributed by atoms with van der Waals surface area (Å²) in [7, 11) is 1.71. The van der Waals surface area contributed by atoms with Crippen molar-refractivity contribution < 1.29 is 35.9 Å².